The van der Waals surface area contributed by atoms with Crippen molar-refractivity contribution in [1.29, 1.82) is 0 Å². The van der Waals surface area contributed by atoms with E-state index in [1.165, 1.54) is 28.9 Å². The van der Waals surface area contributed by atoms with Gasteiger partial charge in [0.25, 0.3) is 5.56 Å². The van der Waals surface area contributed by atoms with E-state index in [1.54, 1.807) is 38.4 Å². The van der Waals surface area contributed by atoms with Crippen molar-refractivity contribution in [3.63, 3.8) is 0 Å². The first kappa shape index (κ1) is 25.7. The van der Waals surface area contributed by atoms with Gasteiger partial charge < -0.3 is 19.3 Å². The van der Waals surface area contributed by atoms with Crippen molar-refractivity contribution in [3.05, 3.63) is 69.5 Å². The number of anilines is 2. The topological polar surface area (TPSA) is 172 Å². The van der Waals surface area contributed by atoms with Gasteiger partial charge >= 0.3 is 5.69 Å². The monoisotopic (exact) mass is 569 g/mol. The second kappa shape index (κ2) is 9.71. The van der Waals surface area contributed by atoms with Crippen LogP contribution in [0.25, 0.3) is 22.4 Å². The number of nitrogens with one attached hydrogen (secondary N) is 1. The predicted octanol–water partition coefficient (Wildman–Crippen LogP) is 1.14. The molecule has 214 valence electrons. The van der Waals surface area contributed by atoms with Gasteiger partial charge in [0.05, 0.1) is 12.0 Å². The fourth-order valence-corrected chi connectivity index (χ4v) is 5.46. The van der Waals surface area contributed by atoms with E-state index in [-0.39, 0.29) is 23.6 Å². The smallest absolute Gasteiger partial charge is 0.332 e. The number of hydrogen-bond donors (Lipinski definition) is 1. The van der Waals surface area contributed by atoms with E-state index in [9.17, 15) is 14.4 Å². The molecule has 7 rings (SSSR count). The molecule has 0 radical (unpaired) electrons. The van der Waals surface area contributed by atoms with Crippen molar-refractivity contribution in [2.24, 2.45) is 18.9 Å². The number of carbonyl (C=O) groups is 1. The number of aromatic nitrogens is 9. The van der Waals surface area contributed by atoms with Crippen LogP contribution in [0.4, 0.5) is 11.8 Å². The van der Waals surface area contributed by atoms with Gasteiger partial charge in [0.2, 0.25) is 17.7 Å². The zero-order valence-corrected chi connectivity index (χ0v) is 23.1. The number of piperidine rings is 1. The third-order valence-corrected chi connectivity index (χ3v) is 7.91. The lowest BCUT2D eigenvalue weighted by atomic mass is 10.2. The Balaban J connectivity index is 1.12. The van der Waals surface area contributed by atoms with E-state index in [1.807, 2.05) is 6.07 Å². The molecule has 2 aliphatic rings. The van der Waals surface area contributed by atoms with Gasteiger partial charge in [-0.3, -0.25) is 14.2 Å². The summed E-state index contributed by atoms with van der Waals surface area (Å²) in [4.78, 5) is 63.9. The number of nitrogens with zero attached hydrogens (tertiary/aromatic N) is 10. The Morgan fingerprint density at radius 3 is 2.60 bits per heavy atom. The second-order valence-corrected chi connectivity index (χ2v) is 10.8. The highest BCUT2D eigenvalue weighted by molar-refractivity contribution is 5.93. The van der Waals surface area contributed by atoms with Crippen LogP contribution < -0.4 is 21.5 Å². The summed E-state index contributed by atoms with van der Waals surface area (Å²) in [5.41, 5.74) is 0.350. The van der Waals surface area contributed by atoms with E-state index in [0.717, 1.165) is 41.0 Å². The van der Waals surface area contributed by atoms with Crippen LogP contribution in [0, 0.1) is 18.8 Å². The molecule has 0 bridgehead atoms. The summed E-state index contributed by atoms with van der Waals surface area (Å²) in [6.07, 6.45) is 6.16. The van der Waals surface area contributed by atoms with Crippen LogP contribution in [-0.4, -0.2) is 62.8 Å². The minimum absolute atomic E-state index is 0.0882. The molecule has 5 aromatic rings. The molecule has 1 amide bonds. The average molecular weight is 570 g/mol. The largest absolute Gasteiger partial charge is 0.340 e. The number of carbonyl (C=O) groups excluding carboxylic acids is 1. The van der Waals surface area contributed by atoms with Crippen molar-refractivity contribution in [3.8, 4) is 11.3 Å². The summed E-state index contributed by atoms with van der Waals surface area (Å²) in [5, 5.41) is 6.52. The fraction of sp³-hybridized carbons (Fsp3) is 0.370. The summed E-state index contributed by atoms with van der Waals surface area (Å²) >= 11 is 0. The van der Waals surface area contributed by atoms with Gasteiger partial charge in [0, 0.05) is 38.1 Å². The number of amides is 1. The molecule has 1 aliphatic heterocycles. The number of aryl methyl sites for hydroxylation is 2. The lowest BCUT2D eigenvalue weighted by Crippen LogP contribution is -2.40. The Morgan fingerprint density at radius 2 is 1.88 bits per heavy atom. The molecule has 2 fully saturated rings. The van der Waals surface area contributed by atoms with Crippen LogP contribution >= 0.6 is 0 Å². The Morgan fingerprint density at radius 1 is 1.12 bits per heavy atom. The van der Waals surface area contributed by atoms with E-state index in [2.05, 4.69) is 40.3 Å². The van der Waals surface area contributed by atoms with Crippen molar-refractivity contribution in [1.82, 2.24) is 43.8 Å². The first-order valence-corrected chi connectivity index (χ1v) is 13.6. The standard InChI is InChI=1S/C27H27N11O4/c1-14(38-13-30-23-22(38)25(40)37(27(41)35(23)3)12-21-31-15(2)34-42-21)24(39)33-20-6-4-5-19(32-20)18-8-28-26(29-9-18)36-10-16-7-17(16)11-36/h4-6,8-9,13-14,16-17H,7,10-12H2,1-3H3,(H,32,33,39)/t14-,16+,17+/m0/s1. The van der Waals surface area contributed by atoms with Crippen molar-refractivity contribution >= 4 is 28.8 Å². The highest BCUT2D eigenvalue weighted by Crippen LogP contribution is 2.45. The molecule has 1 aliphatic carbocycles. The van der Waals surface area contributed by atoms with Gasteiger partial charge in [-0.2, -0.15) is 4.98 Å². The summed E-state index contributed by atoms with van der Waals surface area (Å²) in [5.74, 6) is 2.69. The van der Waals surface area contributed by atoms with Gasteiger partial charge in [-0.1, -0.05) is 11.2 Å². The molecule has 0 aromatic carbocycles. The maximum atomic E-state index is 13.4. The van der Waals surface area contributed by atoms with Crippen molar-refractivity contribution < 1.29 is 9.32 Å². The quantitative estimate of drug-likeness (QED) is 0.298. The van der Waals surface area contributed by atoms with E-state index < -0.39 is 23.2 Å². The van der Waals surface area contributed by atoms with Crippen LogP contribution in [0.15, 0.2) is 51.0 Å². The first-order chi connectivity index (χ1) is 20.3. The van der Waals surface area contributed by atoms with E-state index in [4.69, 9.17) is 4.52 Å². The molecule has 0 spiro atoms. The summed E-state index contributed by atoms with van der Waals surface area (Å²) in [6, 6.07) is 4.42. The maximum absolute atomic E-state index is 13.4. The van der Waals surface area contributed by atoms with Gasteiger partial charge in [-0.15, -0.1) is 0 Å². The second-order valence-electron chi connectivity index (χ2n) is 10.8. The number of hydrogen-bond acceptors (Lipinski definition) is 11. The normalized spacial score (nSPS) is 18.3. The fourth-order valence-electron chi connectivity index (χ4n) is 5.46. The van der Waals surface area contributed by atoms with Crippen LogP contribution in [0.5, 0.6) is 0 Å². The Hall–Kier alpha value is -5.21. The highest BCUT2D eigenvalue weighted by atomic mass is 16.5. The molecule has 1 saturated carbocycles. The van der Waals surface area contributed by atoms with E-state index >= 15 is 0 Å². The predicted molar refractivity (Wildman–Crippen MR) is 150 cm³/mol. The number of pyridine rings is 1. The number of imidazole rings is 1. The van der Waals surface area contributed by atoms with Gasteiger partial charge in [-0.05, 0) is 44.2 Å². The summed E-state index contributed by atoms with van der Waals surface area (Å²) in [6.45, 7) is 5.07. The van der Waals surface area contributed by atoms with Crippen molar-refractivity contribution in [2.45, 2.75) is 32.9 Å². The Kier molecular flexibility index (Phi) is 5.95. The van der Waals surface area contributed by atoms with Gasteiger partial charge in [0.1, 0.15) is 18.4 Å². The molecule has 0 unspecified atom stereocenters. The lowest BCUT2D eigenvalue weighted by Gasteiger charge is -2.17. The van der Waals surface area contributed by atoms with E-state index in [0.29, 0.717) is 17.3 Å². The van der Waals surface area contributed by atoms with Gasteiger partial charge in [0.15, 0.2) is 17.0 Å². The summed E-state index contributed by atoms with van der Waals surface area (Å²) in [7, 11) is 1.50. The third-order valence-electron chi connectivity index (χ3n) is 7.91. The SMILES string of the molecule is Cc1noc(Cn2c(=O)c3c(ncn3[C@@H](C)C(=O)Nc3cccc(-c4cnc(N5C[C@H]6C[C@@H]6C5)nc4)n3)n(C)c2=O)n1. The number of fused-ring (bicyclic) bond motifs is 2. The molecule has 6 heterocycles. The summed E-state index contributed by atoms with van der Waals surface area (Å²) < 4.78 is 8.75. The molecule has 15 nitrogen and oxygen atoms in total. The minimum Gasteiger partial charge on any atom is -0.340 e. The van der Waals surface area contributed by atoms with Gasteiger partial charge in [-0.25, -0.2) is 29.3 Å². The zero-order valence-electron chi connectivity index (χ0n) is 23.1. The average Bonchev–Trinajstić information content (AvgIpc) is 3.33. The zero-order chi connectivity index (χ0) is 29.1. The molecule has 15 heteroatoms. The maximum Gasteiger partial charge on any atom is 0.332 e. The molecular formula is C27H27N11O4. The Bertz CT molecular complexity index is 1950. The van der Waals surface area contributed by atoms with Crippen molar-refractivity contribution in [2.75, 3.05) is 23.3 Å². The van der Waals surface area contributed by atoms with Crippen LogP contribution in [0.2, 0.25) is 0 Å². The molecular weight excluding hydrogens is 542 g/mol. The van der Waals surface area contributed by atoms with Crippen LogP contribution in [-0.2, 0) is 18.4 Å². The minimum atomic E-state index is -0.862. The number of rotatable bonds is 7. The van der Waals surface area contributed by atoms with Crippen LogP contribution in [0.3, 0.4) is 0 Å². The first-order valence-electron chi connectivity index (χ1n) is 13.6. The van der Waals surface area contributed by atoms with Crippen LogP contribution in [0.1, 0.15) is 31.1 Å². The lowest BCUT2D eigenvalue weighted by molar-refractivity contribution is -0.118. The molecule has 5 aromatic heterocycles. The molecule has 3 atom stereocenters. The molecule has 42 heavy (non-hydrogen) atoms. The third kappa shape index (κ3) is 4.42. The molecule has 1 saturated heterocycles. The molecule has 1 N–H and O–H groups in total. The highest BCUT2D eigenvalue weighted by Gasteiger charge is 2.45. The Labute approximate surface area is 237 Å².